The number of hydrogen-bond donors (Lipinski definition) is 2. The maximum Gasteiger partial charge on any atom is 0.310 e. The Bertz CT molecular complexity index is 895. The second-order valence-electron chi connectivity index (χ2n) is 7.71. The Balaban J connectivity index is 1.63. The van der Waals surface area contributed by atoms with Crippen molar-refractivity contribution in [2.45, 2.75) is 58.3 Å². The molecular weight excluding hydrogens is 384 g/mol. The summed E-state index contributed by atoms with van der Waals surface area (Å²) < 4.78 is 0. The average molecular weight is 413 g/mol. The highest BCUT2D eigenvalue weighted by atomic mass is 32.1. The van der Waals surface area contributed by atoms with Gasteiger partial charge in [0.15, 0.2) is 0 Å². The van der Waals surface area contributed by atoms with Gasteiger partial charge in [-0.1, -0.05) is 38.5 Å². The van der Waals surface area contributed by atoms with Crippen LogP contribution in [0.25, 0.3) is 12.2 Å². The lowest BCUT2D eigenvalue weighted by atomic mass is 9.79. The number of carbonyl (C=O) groups excluding carboxylic acids is 1. The van der Waals surface area contributed by atoms with Crippen molar-refractivity contribution in [2.75, 3.05) is 5.32 Å². The topological polar surface area (TPSA) is 79.3 Å². The fraction of sp³-hybridized carbons (Fsp3) is 0.435. The molecule has 154 valence electrons. The third kappa shape index (κ3) is 5.12. The Hall–Kier alpha value is -2.47. The first-order chi connectivity index (χ1) is 14.0. The van der Waals surface area contributed by atoms with Crippen LogP contribution in [-0.4, -0.2) is 22.0 Å². The van der Waals surface area contributed by atoms with Crippen molar-refractivity contribution in [3.8, 4) is 0 Å². The van der Waals surface area contributed by atoms with E-state index in [0.29, 0.717) is 24.4 Å². The predicted molar refractivity (Wildman–Crippen MR) is 118 cm³/mol. The molecule has 1 aliphatic rings. The summed E-state index contributed by atoms with van der Waals surface area (Å²) in [4.78, 5) is 28.8. The zero-order valence-electron chi connectivity index (χ0n) is 17.0. The molecule has 0 atom stereocenters. The van der Waals surface area contributed by atoms with Crippen molar-refractivity contribution in [1.82, 2.24) is 4.98 Å². The van der Waals surface area contributed by atoms with Crippen LogP contribution in [0.15, 0.2) is 29.6 Å². The SMILES string of the molecule is CCC(CC)(CC(=O)Nc1cccc(/C=C/c2nc(C3CCC3)cs2)c1)C(=O)O. The van der Waals surface area contributed by atoms with Crippen molar-refractivity contribution in [3.63, 3.8) is 0 Å². The summed E-state index contributed by atoms with van der Waals surface area (Å²) in [7, 11) is 0. The molecule has 6 heteroatoms. The van der Waals surface area contributed by atoms with E-state index in [2.05, 4.69) is 10.7 Å². The summed E-state index contributed by atoms with van der Waals surface area (Å²) in [6.45, 7) is 3.62. The van der Waals surface area contributed by atoms with Gasteiger partial charge in [-0.3, -0.25) is 9.59 Å². The van der Waals surface area contributed by atoms with Crippen molar-refractivity contribution >= 4 is 41.1 Å². The Morgan fingerprint density at radius 2 is 2.03 bits per heavy atom. The van der Waals surface area contributed by atoms with E-state index < -0.39 is 11.4 Å². The number of anilines is 1. The first-order valence-corrected chi connectivity index (χ1v) is 11.1. The minimum atomic E-state index is -1.01. The number of hydrogen-bond acceptors (Lipinski definition) is 4. The Morgan fingerprint density at radius 1 is 1.28 bits per heavy atom. The van der Waals surface area contributed by atoms with Gasteiger partial charge < -0.3 is 10.4 Å². The summed E-state index contributed by atoms with van der Waals surface area (Å²) in [6.07, 6.45) is 8.59. The zero-order valence-corrected chi connectivity index (χ0v) is 17.8. The summed E-state index contributed by atoms with van der Waals surface area (Å²) in [5, 5.41) is 15.5. The highest BCUT2D eigenvalue weighted by Crippen LogP contribution is 2.36. The lowest BCUT2D eigenvalue weighted by Gasteiger charge is -2.25. The minimum absolute atomic E-state index is 0.0293. The zero-order chi connectivity index (χ0) is 20.9. The van der Waals surface area contributed by atoms with Crippen LogP contribution in [-0.2, 0) is 9.59 Å². The largest absolute Gasteiger partial charge is 0.481 e. The van der Waals surface area contributed by atoms with Gasteiger partial charge in [0.25, 0.3) is 0 Å². The number of carboxylic acids is 1. The maximum absolute atomic E-state index is 12.4. The van der Waals surface area contributed by atoms with Crippen LogP contribution in [0.2, 0.25) is 0 Å². The van der Waals surface area contributed by atoms with Crippen LogP contribution in [0.5, 0.6) is 0 Å². The number of nitrogens with zero attached hydrogens (tertiary/aromatic N) is 1. The molecule has 2 N–H and O–H groups in total. The van der Waals surface area contributed by atoms with Gasteiger partial charge in [-0.05, 0) is 49.5 Å². The summed E-state index contributed by atoms with van der Waals surface area (Å²) >= 11 is 1.65. The molecule has 0 unspecified atom stereocenters. The van der Waals surface area contributed by atoms with Gasteiger partial charge in [0, 0.05) is 23.4 Å². The number of carboxylic acid groups (broad SMARTS) is 1. The van der Waals surface area contributed by atoms with Crippen molar-refractivity contribution < 1.29 is 14.7 Å². The van der Waals surface area contributed by atoms with Crippen LogP contribution in [0, 0.1) is 5.41 Å². The molecule has 5 nitrogen and oxygen atoms in total. The van der Waals surface area contributed by atoms with E-state index in [1.165, 1.54) is 25.0 Å². The van der Waals surface area contributed by atoms with Gasteiger partial charge in [0.1, 0.15) is 5.01 Å². The maximum atomic E-state index is 12.4. The normalized spacial score (nSPS) is 14.7. The predicted octanol–water partition coefficient (Wildman–Crippen LogP) is 5.80. The number of amides is 1. The van der Waals surface area contributed by atoms with E-state index in [0.717, 1.165) is 10.6 Å². The van der Waals surface area contributed by atoms with Crippen molar-refractivity contribution in [1.29, 1.82) is 0 Å². The third-order valence-corrected chi connectivity index (χ3v) is 6.79. The van der Waals surface area contributed by atoms with Crippen LogP contribution < -0.4 is 5.32 Å². The van der Waals surface area contributed by atoms with Crippen LogP contribution in [0.1, 0.15) is 74.6 Å². The summed E-state index contributed by atoms with van der Waals surface area (Å²) in [6, 6.07) is 7.54. The molecule has 0 aliphatic heterocycles. The molecule has 3 rings (SSSR count). The second kappa shape index (κ2) is 9.35. The molecule has 29 heavy (non-hydrogen) atoms. The highest BCUT2D eigenvalue weighted by molar-refractivity contribution is 7.10. The fourth-order valence-electron chi connectivity index (χ4n) is 3.55. The van der Waals surface area contributed by atoms with Gasteiger partial charge in [-0.25, -0.2) is 4.98 Å². The molecule has 0 radical (unpaired) electrons. The number of carbonyl (C=O) groups is 2. The van der Waals surface area contributed by atoms with Gasteiger partial charge in [-0.2, -0.15) is 0 Å². The van der Waals surface area contributed by atoms with Crippen molar-refractivity contribution in [3.05, 3.63) is 45.9 Å². The monoisotopic (exact) mass is 412 g/mol. The lowest BCUT2D eigenvalue weighted by molar-refractivity contribution is -0.151. The molecule has 0 saturated heterocycles. The van der Waals surface area contributed by atoms with E-state index in [-0.39, 0.29) is 12.3 Å². The standard InChI is InChI=1S/C23H28N2O3S/c1-3-23(4-2,22(27)28)14-20(26)24-18-10-5-7-16(13-18)11-12-21-25-19(15-29-21)17-8-6-9-17/h5,7,10-13,15,17H,3-4,6,8-9,14H2,1-2H3,(H,24,26)(H,27,28)/b12-11+. The molecule has 0 spiro atoms. The quantitative estimate of drug-likeness (QED) is 0.545. The molecule has 1 aromatic heterocycles. The number of rotatable bonds is 9. The van der Waals surface area contributed by atoms with Crippen molar-refractivity contribution in [2.24, 2.45) is 5.41 Å². The van der Waals surface area contributed by atoms with E-state index in [1.807, 2.05) is 50.3 Å². The number of nitrogens with one attached hydrogen (secondary N) is 1. The average Bonchev–Trinajstić information content (AvgIpc) is 3.11. The lowest BCUT2D eigenvalue weighted by Crippen LogP contribution is -2.34. The first kappa shape index (κ1) is 21.2. The molecule has 1 heterocycles. The first-order valence-electron chi connectivity index (χ1n) is 10.2. The molecule has 1 aliphatic carbocycles. The highest BCUT2D eigenvalue weighted by Gasteiger charge is 2.37. The second-order valence-corrected chi connectivity index (χ2v) is 8.60. The van der Waals surface area contributed by atoms with E-state index in [9.17, 15) is 14.7 Å². The molecule has 1 fully saturated rings. The van der Waals surface area contributed by atoms with E-state index >= 15 is 0 Å². The number of aromatic nitrogens is 1. The van der Waals surface area contributed by atoms with Crippen LogP contribution >= 0.6 is 11.3 Å². The van der Waals surface area contributed by atoms with E-state index in [4.69, 9.17) is 4.98 Å². The number of aliphatic carboxylic acids is 1. The molecule has 1 aromatic carbocycles. The van der Waals surface area contributed by atoms with Gasteiger partial charge >= 0.3 is 5.97 Å². The number of benzene rings is 1. The van der Waals surface area contributed by atoms with Crippen LogP contribution in [0.3, 0.4) is 0 Å². The fourth-order valence-corrected chi connectivity index (χ4v) is 4.34. The molecule has 2 aromatic rings. The van der Waals surface area contributed by atoms with Gasteiger partial charge in [0.2, 0.25) is 5.91 Å². The smallest absolute Gasteiger partial charge is 0.310 e. The Labute approximate surface area is 175 Å². The molecular formula is C23H28N2O3S. The van der Waals surface area contributed by atoms with Gasteiger partial charge in [0.05, 0.1) is 11.1 Å². The summed E-state index contributed by atoms with van der Waals surface area (Å²) in [5.41, 5.74) is 1.82. The number of thiazole rings is 1. The third-order valence-electron chi connectivity index (χ3n) is 5.96. The molecule has 1 amide bonds. The van der Waals surface area contributed by atoms with Gasteiger partial charge in [-0.15, -0.1) is 11.3 Å². The Morgan fingerprint density at radius 3 is 2.66 bits per heavy atom. The molecule has 1 saturated carbocycles. The Kier molecular flexibility index (Phi) is 6.85. The van der Waals surface area contributed by atoms with Crippen LogP contribution in [0.4, 0.5) is 5.69 Å². The minimum Gasteiger partial charge on any atom is -0.481 e. The van der Waals surface area contributed by atoms with E-state index in [1.54, 1.807) is 11.3 Å². The summed E-state index contributed by atoms with van der Waals surface area (Å²) in [5.74, 6) is -0.558. The molecule has 0 bridgehead atoms.